The van der Waals surface area contributed by atoms with Gasteiger partial charge in [-0.25, -0.2) is 9.59 Å². The number of hydrogen-bond acceptors (Lipinski definition) is 7. The third kappa shape index (κ3) is 10.7. The maximum absolute atomic E-state index is 13.1. The highest BCUT2D eigenvalue weighted by Crippen LogP contribution is 2.28. The van der Waals surface area contributed by atoms with Gasteiger partial charge in [0, 0.05) is 25.1 Å². The number of ether oxygens (including phenoxy) is 3. The number of carboxylic acid groups (broad SMARTS) is 1. The van der Waals surface area contributed by atoms with Crippen molar-refractivity contribution in [1.82, 2.24) is 4.90 Å². The van der Waals surface area contributed by atoms with E-state index in [4.69, 9.17) is 14.2 Å². The van der Waals surface area contributed by atoms with Crippen molar-refractivity contribution in [2.24, 2.45) is 5.92 Å². The van der Waals surface area contributed by atoms with Crippen LogP contribution in [0.1, 0.15) is 69.4 Å². The quantitative estimate of drug-likeness (QED) is 0.136. The zero-order valence-electron chi connectivity index (χ0n) is 24.1. The molecule has 0 aliphatic heterocycles. The first-order valence-corrected chi connectivity index (χ1v) is 14.5. The van der Waals surface area contributed by atoms with E-state index in [9.17, 15) is 24.8 Å². The summed E-state index contributed by atoms with van der Waals surface area (Å²) >= 11 is 0. The third-order valence-electron chi connectivity index (χ3n) is 7.47. The van der Waals surface area contributed by atoms with Crippen molar-refractivity contribution in [1.29, 1.82) is 0 Å². The van der Waals surface area contributed by atoms with Crippen molar-refractivity contribution >= 4 is 17.7 Å². The molecule has 10 nitrogen and oxygen atoms in total. The number of carbonyl (C=O) groups excluding carboxylic acids is 1. The van der Waals surface area contributed by atoms with Crippen LogP contribution in [0.5, 0.6) is 11.5 Å². The normalized spacial score (nSPS) is 14.3. The van der Waals surface area contributed by atoms with Gasteiger partial charge >= 0.3 is 12.1 Å². The van der Waals surface area contributed by atoms with E-state index in [0.717, 1.165) is 30.7 Å². The van der Waals surface area contributed by atoms with Gasteiger partial charge in [0.2, 0.25) is 0 Å². The Labute approximate surface area is 241 Å². The number of amides is 1. The summed E-state index contributed by atoms with van der Waals surface area (Å²) in [6.07, 6.45) is 8.28. The summed E-state index contributed by atoms with van der Waals surface area (Å²) in [6.45, 7) is 4.71. The molecule has 0 bridgehead atoms. The van der Waals surface area contributed by atoms with Gasteiger partial charge in [-0.3, -0.25) is 10.1 Å². The van der Waals surface area contributed by atoms with E-state index in [0.29, 0.717) is 24.5 Å². The topological polar surface area (TPSA) is 128 Å². The highest BCUT2D eigenvalue weighted by Gasteiger charge is 2.20. The Morgan fingerprint density at radius 1 is 1.05 bits per heavy atom. The molecule has 1 atom stereocenters. The fraction of sp³-hybridized carbons (Fsp3) is 0.548. The monoisotopic (exact) mass is 570 g/mol. The van der Waals surface area contributed by atoms with Crippen LogP contribution >= 0.6 is 0 Å². The van der Waals surface area contributed by atoms with E-state index < -0.39 is 23.1 Å². The summed E-state index contributed by atoms with van der Waals surface area (Å²) in [5.74, 6) is 0.487. The number of carbonyl (C=O) groups is 2. The van der Waals surface area contributed by atoms with Crippen LogP contribution < -0.4 is 9.47 Å². The van der Waals surface area contributed by atoms with E-state index in [2.05, 4.69) is 0 Å². The lowest BCUT2D eigenvalue weighted by atomic mass is 9.86. The summed E-state index contributed by atoms with van der Waals surface area (Å²) < 4.78 is 16.7. The lowest BCUT2D eigenvalue weighted by molar-refractivity contribution is -0.385. The van der Waals surface area contributed by atoms with E-state index >= 15 is 0 Å². The van der Waals surface area contributed by atoms with Crippen molar-refractivity contribution in [3.63, 3.8) is 0 Å². The molecule has 2 aromatic carbocycles. The van der Waals surface area contributed by atoms with Gasteiger partial charge in [-0.05, 0) is 56.0 Å². The van der Waals surface area contributed by atoms with Gasteiger partial charge in [-0.1, -0.05) is 57.1 Å². The molecule has 1 saturated carbocycles. The molecule has 0 heterocycles. The van der Waals surface area contributed by atoms with E-state index in [-0.39, 0.29) is 31.0 Å². The molecule has 0 saturated heterocycles. The van der Waals surface area contributed by atoms with Gasteiger partial charge in [0.1, 0.15) is 18.1 Å². The summed E-state index contributed by atoms with van der Waals surface area (Å²) in [4.78, 5) is 36.8. The molecule has 224 valence electrons. The third-order valence-corrected chi connectivity index (χ3v) is 7.47. The first kappa shape index (κ1) is 31.9. The van der Waals surface area contributed by atoms with Crippen molar-refractivity contribution in [3.05, 3.63) is 63.7 Å². The highest BCUT2D eigenvalue weighted by atomic mass is 16.6. The van der Waals surface area contributed by atoms with E-state index in [1.807, 2.05) is 0 Å². The number of nitro benzene ring substituents is 1. The lowest BCUT2D eigenvalue weighted by Crippen LogP contribution is -2.37. The molecule has 2 aromatic rings. The molecule has 1 aliphatic rings. The number of unbranched alkanes of at least 4 members (excludes halogenated alkanes) is 1. The molecule has 1 unspecified atom stereocenters. The van der Waals surface area contributed by atoms with Crippen LogP contribution in [0.25, 0.3) is 0 Å². The van der Waals surface area contributed by atoms with Crippen LogP contribution in [0, 0.1) is 23.0 Å². The minimum Gasteiger partial charge on any atom is -0.492 e. The number of nitrogens with zero attached hydrogens (tertiary/aromatic N) is 2. The predicted molar refractivity (Wildman–Crippen MR) is 155 cm³/mol. The smallest absolute Gasteiger partial charge is 0.415 e. The Hall–Kier alpha value is -3.66. The summed E-state index contributed by atoms with van der Waals surface area (Å²) in [6, 6.07) is 11.5. The molecule has 0 aromatic heterocycles. The van der Waals surface area contributed by atoms with E-state index in [1.165, 1.54) is 38.2 Å². The Kier molecular flexibility index (Phi) is 12.9. The fourth-order valence-electron chi connectivity index (χ4n) is 5.15. The van der Waals surface area contributed by atoms with Gasteiger partial charge in [0.15, 0.2) is 6.10 Å². The number of nitro groups is 1. The van der Waals surface area contributed by atoms with Crippen LogP contribution in [0.15, 0.2) is 42.5 Å². The molecule has 1 amide bonds. The largest absolute Gasteiger partial charge is 0.492 e. The second kappa shape index (κ2) is 16.6. The van der Waals surface area contributed by atoms with Crippen LogP contribution in [0.3, 0.4) is 0 Å². The molecule has 1 fully saturated rings. The molecule has 3 rings (SSSR count). The standard InChI is InChI=1S/C31H42N2O8/c1-3-39-29(30(34)35)21-25-13-16-26(17-14-25)40-20-19-32(18-8-7-11-24-9-5-4-6-10-24)31(36)41-27-15-12-23(2)28(22-27)33(37)38/h12-17,22,24,29H,3-11,18-21H2,1-2H3,(H,34,35). The highest BCUT2D eigenvalue weighted by molar-refractivity contribution is 5.72. The molecule has 0 radical (unpaired) electrons. The second-order valence-corrected chi connectivity index (χ2v) is 10.5. The Morgan fingerprint density at radius 3 is 2.41 bits per heavy atom. The number of rotatable bonds is 16. The molecular formula is C31H42N2O8. The van der Waals surface area contributed by atoms with Crippen LogP contribution in [-0.2, 0) is 16.0 Å². The fourth-order valence-corrected chi connectivity index (χ4v) is 5.15. The molecule has 1 aliphatic carbocycles. The Bertz CT molecular complexity index is 1130. The molecular weight excluding hydrogens is 528 g/mol. The number of carboxylic acids is 1. The average Bonchev–Trinajstić information content (AvgIpc) is 2.96. The van der Waals surface area contributed by atoms with Crippen molar-refractivity contribution < 1.29 is 33.8 Å². The molecule has 41 heavy (non-hydrogen) atoms. The maximum atomic E-state index is 13.1. The number of hydrogen-bond donors (Lipinski definition) is 1. The summed E-state index contributed by atoms with van der Waals surface area (Å²) in [7, 11) is 0. The number of aryl methyl sites for hydroxylation is 1. The summed E-state index contributed by atoms with van der Waals surface area (Å²) in [5, 5.41) is 20.6. The maximum Gasteiger partial charge on any atom is 0.415 e. The zero-order chi connectivity index (χ0) is 29.6. The first-order chi connectivity index (χ1) is 19.8. The number of aliphatic carboxylic acids is 1. The van der Waals surface area contributed by atoms with Crippen molar-refractivity contribution in [2.75, 3.05) is 26.3 Å². The van der Waals surface area contributed by atoms with Gasteiger partial charge < -0.3 is 24.2 Å². The minimum atomic E-state index is -1.00. The van der Waals surface area contributed by atoms with Crippen molar-refractivity contribution in [3.8, 4) is 11.5 Å². The second-order valence-electron chi connectivity index (χ2n) is 10.5. The minimum absolute atomic E-state index is 0.1000. The zero-order valence-corrected chi connectivity index (χ0v) is 24.1. The predicted octanol–water partition coefficient (Wildman–Crippen LogP) is 6.57. The van der Waals surface area contributed by atoms with Crippen LogP contribution in [0.2, 0.25) is 0 Å². The Morgan fingerprint density at radius 2 is 1.76 bits per heavy atom. The van der Waals surface area contributed by atoms with Gasteiger partial charge in [-0.2, -0.15) is 0 Å². The SMILES string of the molecule is CCOC(Cc1ccc(OCCN(CCCCC2CCCCC2)C(=O)Oc2ccc(C)c([N+](=O)[O-])c2)cc1)C(=O)O. The van der Waals surface area contributed by atoms with E-state index in [1.54, 1.807) is 55.1 Å². The number of benzene rings is 2. The van der Waals surface area contributed by atoms with Gasteiger partial charge in [0.25, 0.3) is 5.69 Å². The molecule has 10 heteroatoms. The van der Waals surface area contributed by atoms with Crippen molar-refractivity contribution in [2.45, 2.75) is 77.7 Å². The van der Waals surface area contributed by atoms with Crippen LogP contribution in [0.4, 0.5) is 10.5 Å². The van der Waals surface area contributed by atoms with Gasteiger partial charge in [0.05, 0.1) is 17.5 Å². The summed E-state index contributed by atoms with van der Waals surface area (Å²) in [5.41, 5.74) is 1.20. The Balaban J connectivity index is 1.57. The molecule has 1 N–H and O–H groups in total. The molecule has 0 spiro atoms. The first-order valence-electron chi connectivity index (χ1n) is 14.5. The lowest BCUT2D eigenvalue weighted by Gasteiger charge is -2.24. The van der Waals surface area contributed by atoms with Gasteiger partial charge in [-0.15, -0.1) is 0 Å². The van der Waals surface area contributed by atoms with Crippen LogP contribution in [-0.4, -0.2) is 59.4 Å². The average molecular weight is 571 g/mol.